The van der Waals surface area contributed by atoms with Crippen molar-refractivity contribution in [2.24, 2.45) is 0 Å². The number of nitrogen functional groups attached to an aromatic ring is 1. The molecule has 3 aromatic carbocycles. The number of hydrogen-bond acceptors (Lipinski definition) is 5. The van der Waals surface area contributed by atoms with Crippen LogP contribution in [-0.4, -0.2) is 11.1 Å². The Labute approximate surface area is 143 Å². The van der Waals surface area contributed by atoms with E-state index in [0.29, 0.717) is 33.9 Å². The smallest absolute Gasteiger partial charge is 0.340 e. The fraction of sp³-hybridized carbons (Fsp3) is 0.0500. The van der Waals surface area contributed by atoms with Gasteiger partial charge >= 0.3 is 5.97 Å². The summed E-state index contributed by atoms with van der Waals surface area (Å²) in [5.41, 5.74) is 7.97. The van der Waals surface area contributed by atoms with Gasteiger partial charge in [-0.2, -0.15) is 0 Å². The molecular weight excluding hydrogens is 318 g/mol. The Kier molecular flexibility index (Phi) is 2.53. The van der Waals surface area contributed by atoms with Gasteiger partial charge in [-0.15, -0.1) is 0 Å². The number of anilines is 1. The average molecular weight is 331 g/mol. The lowest BCUT2D eigenvalue weighted by Crippen LogP contribution is -2.33. The molecular formula is C20H13NO4. The van der Waals surface area contributed by atoms with Crippen molar-refractivity contribution < 1.29 is 19.4 Å². The van der Waals surface area contributed by atoms with Crippen LogP contribution in [0.15, 0.2) is 60.7 Å². The van der Waals surface area contributed by atoms with Crippen molar-refractivity contribution in [3.63, 3.8) is 0 Å². The molecule has 0 aromatic heterocycles. The number of fused-ring (bicyclic) bond motifs is 6. The molecule has 0 amide bonds. The SMILES string of the molecule is Nc1ccc2c(c1)Oc1cc(O)ccc1[C@]21OC(=O)c2ccccc21. The molecule has 0 aliphatic carbocycles. The summed E-state index contributed by atoms with van der Waals surface area (Å²) < 4.78 is 11.9. The first-order valence-electron chi connectivity index (χ1n) is 7.84. The summed E-state index contributed by atoms with van der Waals surface area (Å²) in [6, 6.07) is 17.4. The third-order valence-corrected chi connectivity index (χ3v) is 4.72. The lowest BCUT2D eigenvalue weighted by Gasteiger charge is -2.36. The van der Waals surface area contributed by atoms with Crippen molar-refractivity contribution in [2.45, 2.75) is 5.60 Å². The summed E-state index contributed by atoms with van der Waals surface area (Å²) in [5, 5.41) is 9.86. The summed E-state index contributed by atoms with van der Waals surface area (Å²) >= 11 is 0. The number of rotatable bonds is 0. The lowest BCUT2D eigenvalue weighted by atomic mass is 9.77. The standard InChI is InChI=1S/C20H13NO4/c21-11-5-7-15-17(9-11)24-18-10-12(22)6-8-16(18)20(15)14-4-2-1-3-13(14)19(23)25-20/h1-10,22H,21H2/t20-/m1/s1. The first kappa shape index (κ1) is 13.9. The maximum Gasteiger partial charge on any atom is 0.340 e. The summed E-state index contributed by atoms with van der Waals surface area (Å²) in [4.78, 5) is 12.6. The highest BCUT2D eigenvalue weighted by Gasteiger charge is 2.53. The van der Waals surface area contributed by atoms with Crippen molar-refractivity contribution >= 4 is 11.7 Å². The number of hydrogen-bond donors (Lipinski definition) is 2. The number of phenols is 1. The highest BCUT2D eigenvalue weighted by Crippen LogP contribution is 2.56. The van der Waals surface area contributed by atoms with Gasteiger partial charge in [0.15, 0.2) is 5.60 Å². The van der Waals surface area contributed by atoms with Gasteiger partial charge in [-0.3, -0.25) is 0 Å². The molecule has 0 bridgehead atoms. The fourth-order valence-electron chi connectivity index (χ4n) is 3.68. The maximum absolute atomic E-state index is 12.6. The zero-order chi connectivity index (χ0) is 17.2. The van der Waals surface area contributed by atoms with E-state index in [0.717, 1.165) is 5.56 Å². The van der Waals surface area contributed by atoms with E-state index in [1.165, 1.54) is 6.07 Å². The Bertz CT molecular complexity index is 1010. The van der Waals surface area contributed by atoms with Crippen LogP contribution in [0.2, 0.25) is 0 Å². The third-order valence-electron chi connectivity index (χ3n) is 4.72. The second kappa shape index (κ2) is 4.54. The molecule has 1 atom stereocenters. The minimum Gasteiger partial charge on any atom is -0.508 e. The van der Waals surface area contributed by atoms with Crippen molar-refractivity contribution in [3.8, 4) is 17.2 Å². The zero-order valence-electron chi connectivity index (χ0n) is 13.0. The molecule has 2 heterocycles. The van der Waals surface area contributed by atoms with Gasteiger partial charge in [0.05, 0.1) is 5.56 Å². The highest BCUT2D eigenvalue weighted by molar-refractivity contribution is 5.97. The molecule has 0 saturated carbocycles. The number of carbonyl (C=O) groups excluding carboxylic acids is 1. The molecule has 5 nitrogen and oxygen atoms in total. The molecule has 0 saturated heterocycles. The van der Waals surface area contributed by atoms with Crippen LogP contribution in [0, 0.1) is 0 Å². The van der Waals surface area contributed by atoms with Gasteiger partial charge < -0.3 is 20.3 Å². The Morgan fingerprint density at radius 3 is 2.44 bits per heavy atom. The molecule has 0 unspecified atom stereocenters. The Balaban J connectivity index is 1.91. The monoisotopic (exact) mass is 331 g/mol. The average Bonchev–Trinajstić information content (AvgIpc) is 2.88. The molecule has 0 radical (unpaired) electrons. The number of benzene rings is 3. The Morgan fingerprint density at radius 2 is 1.60 bits per heavy atom. The zero-order valence-corrected chi connectivity index (χ0v) is 13.0. The molecule has 1 spiro atoms. The summed E-state index contributed by atoms with van der Waals surface area (Å²) in [7, 11) is 0. The maximum atomic E-state index is 12.6. The van der Waals surface area contributed by atoms with Gasteiger partial charge in [-0.25, -0.2) is 4.79 Å². The van der Waals surface area contributed by atoms with Gasteiger partial charge in [0.1, 0.15) is 17.2 Å². The molecule has 5 rings (SSSR count). The number of aromatic hydroxyl groups is 1. The molecule has 0 fully saturated rings. The number of esters is 1. The number of phenolic OH excluding ortho intramolecular Hbond substituents is 1. The second-order valence-corrected chi connectivity index (χ2v) is 6.15. The van der Waals surface area contributed by atoms with Crippen molar-refractivity contribution in [1.82, 2.24) is 0 Å². The largest absolute Gasteiger partial charge is 0.508 e. The molecule has 122 valence electrons. The first-order chi connectivity index (χ1) is 12.1. The summed E-state index contributed by atoms with van der Waals surface area (Å²) in [5.74, 6) is 0.614. The molecule has 2 aliphatic rings. The van der Waals surface area contributed by atoms with E-state index in [2.05, 4.69) is 0 Å². The van der Waals surface area contributed by atoms with Gasteiger partial charge in [-0.05, 0) is 30.3 Å². The van der Waals surface area contributed by atoms with Gasteiger partial charge in [0.25, 0.3) is 0 Å². The number of ether oxygens (including phenoxy) is 2. The van der Waals surface area contributed by atoms with Gasteiger partial charge in [-0.1, -0.05) is 18.2 Å². The topological polar surface area (TPSA) is 81.8 Å². The van der Waals surface area contributed by atoms with E-state index in [1.807, 2.05) is 18.2 Å². The van der Waals surface area contributed by atoms with Crippen molar-refractivity contribution in [2.75, 3.05) is 5.73 Å². The predicted molar refractivity (Wildman–Crippen MR) is 90.8 cm³/mol. The fourth-order valence-corrected chi connectivity index (χ4v) is 3.68. The summed E-state index contributed by atoms with van der Waals surface area (Å²) in [6.07, 6.45) is 0. The summed E-state index contributed by atoms with van der Waals surface area (Å²) in [6.45, 7) is 0. The van der Waals surface area contributed by atoms with E-state index in [1.54, 1.807) is 36.4 Å². The van der Waals surface area contributed by atoms with Crippen molar-refractivity contribution in [3.05, 3.63) is 82.9 Å². The van der Waals surface area contributed by atoms with E-state index < -0.39 is 5.60 Å². The normalized spacial score (nSPS) is 19.6. The van der Waals surface area contributed by atoms with Crippen LogP contribution < -0.4 is 10.5 Å². The van der Waals surface area contributed by atoms with Crippen LogP contribution >= 0.6 is 0 Å². The molecule has 5 heteroatoms. The highest BCUT2D eigenvalue weighted by atomic mass is 16.6. The second-order valence-electron chi connectivity index (χ2n) is 6.15. The van der Waals surface area contributed by atoms with Crippen LogP contribution in [0.5, 0.6) is 17.2 Å². The first-order valence-corrected chi connectivity index (χ1v) is 7.84. The van der Waals surface area contributed by atoms with E-state index in [9.17, 15) is 9.90 Å². The molecule has 3 aromatic rings. The van der Waals surface area contributed by atoms with Crippen LogP contribution in [0.3, 0.4) is 0 Å². The molecule has 2 aliphatic heterocycles. The molecule has 3 N–H and O–H groups in total. The Hall–Kier alpha value is -3.47. The van der Waals surface area contributed by atoms with Gasteiger partial charge in [0.2, 0.25) is 0 Å². The Morgan fingerprint density at radius 1 is 0.880 bits per heavy atom. The van der Waals surface area contributed by atoms with E-state index in [-0.39, 0.29) is 11.7 Å². The van der Waals surface area contributed by atoms with E-state index >= 15 is 0 Å². The van der Waals surface area contributed by atoms with Crippen LogP contribution in [0.25, 0.3) is 0 Å². The van der Waals surface area contributed by atoms with Gasteiger partial charge in [0, 0.05) is 34.5 Å². The third kappa shape index (κ3) is 1.69. The minimum absolute atomic E-state index is 0.0684. The van der Waals surface area contributed by atoms with Crippen LogP contribution in [0.1, 0.15) is 27.0 Å². The van der Waals surface area contributed by atoms with Crippen molar-refractivity contribution in [1.29, 1.82) is 0 Å². The number of carbonyl (C=O) groups is 1. The quantitative estimate of drug-likeness (QED) is 0.486. The predicted octanol–water partition coefficient (Wildman–Crippen LogP) is 3.54. The number of nitrogens with two attached hydrogens (primary N) is 1. The lowest BCUT2D eigenvalue weighted by molar-refractivity contribution is 0.0224. The minimum atomic E-state index is -1.11. The molecule has 25 heavy (non-hydrogen) atoms. The van der Waals surface area contributed by atoms with E-state index in [4.69, 9.17) is 15.2 Å². The van der Waals surface area contributed by atoms with Crippen LogP contribution in [0.4, 0.5) is 5.69 Å². The van der Waals surface area contributed by atoms with Crippen LogP contribution in [-0.2, 0) is 10.3 Å².